The molecule has 0 radical (unpaired) electrons. The fourth-order valence-corrected chi connectivity index (χ4v) is 3.46. The van der Waals surface area contributed by atoms with Gasteiger partial charge < -0.3 is 4.74 Å². The first-order valence-corrected chi connectivity index (χ1v) is 7.25. The lowest BCUT2D eigenvalue weighted by molar-refractivity contribution is 0.354. The van der Waals surface area contributed by atoms with Crippen LogP contribution < -0.4 is 4.74 Å². The van der Waals surface area contributed by atoms with Crippen LogP contribution in [0.2, 0.25) is 0 Å². The summed E-state index contributed by atoms with van der Waals surface area (Å²) < 4.78 is 6.96. The molecular formula is C14H16INO. The zero-order valence-corrected chi connectivity index (χ0v) is 12.3. The number of ether oxygens (including phenoxy) is 1. The van der Waals surface area contributed by atoms with Crippen LogP contribution in [0.5, 0.6) is 5.75 Å². The van der Waals surface area contributed by atoms with Gasteiger partial charge in [0.05, 0.1) is 16.2 Å². The monoisotopic (exact) mass is 341 g/mol. The lowest BCUT2D eigenvalue weighted by atomic mass is 9.89. The second kappa shape index (κ2) is 4.26. The second-order valence-corrected chi connectivity index (χ2v) is 6.29. The molecule has 3 heteroatoms. The van der Waals surface area contributed by atoms with E-state index in [0.29, 0.717) is 12.0 Å². The molecule has 1 atom stereocenters. The van der Waals surface area contributed by atoms with Crippen molar-refractivity contribution in [2.75, 3.05) is 6.61 Å². The van der Waals surface area contributed by atoms with E-state index in [-0.39, 0.29) is 0 Å². The average molecular weight is 341 g/mol. The van der Waals surface area contributed by atoms with E-state index in [4.69, 9.17) is 9.73 Å². The Morgan fingerprint density at radius 3 is 3.06 bits per heavy atom. The Balaban J connectivity index is 2.08. The Labute approximate surface area is 116 Å². The minimum absolute atomic E-state index is 0.443. The van der Waals surface area contributed by atoms with Crippen molar-refractivity contribution in [1.29, 1.82) is 0 Å². The highest BCUT2D eigenvalue weighted by Gasteiger charge is 2.26. The number of hydrogen-bond donors (Lipinski definition) is 0. The van der Waals surface area contributed by atoms with E-state index in [2.05, 4.69) is 48.7 Å². The van der Waals surface area contributed by atoms with Crippen LogP contribution in [0.15, 0.2) is 11.1 Å². The summed E-state index contributed by atoms with van der Waals surface area (Å²) in [5.41, 5.74) is 4.15. The van der Waals surface area contributed by atoms with Crippen molar-refractivity contribution >= 4 is 28.8 Å². The molecule has 90 valence electrons. The molecule has 0 bridgehead atoms. The third-order valence-electron chi connectivity index (χ3n) is 3.66. The third kappa shape index (κ3) is 1.88. The third-order valence-corrected chi connectivity index (χ3v) is 4.46. The molecule has 17 heavy (non-hydrogen) atoms. The Hall–Kier alpha value is -0.580. The van der Waals surface area contributed by atoms with Gasteiger partial charge in [-0.2, -0.15) is 0 Å². The summed E-state index contributed by atoms with van der Waals surface area (Å²) in [6.45, 7) is 5.31. The summed E-state index contributed by atoms with van der Waals surface area (Å²) in [4.78, 5) is 4.69. The molecule has 2 nitrogen and oxygen atoms in total. The van der Waals surface area contributed by atoms with Gasteiger partial charge in [-0.25, -0.2) is 0 Å². The first kappa shape index (κ1) is 11.5. The highest BCUT2D eigenvalue weighted by Crippen LogP contribution is 2.37. The first-order chi connectivity index (χ1) is 8.16. The molecule has 2 aliphatic rings. The number of nitrogens with zero attached hydrogens (tertiary/aromatic N) is 1. The Morgan fingerprint density at radius 1 is 1.47 bits per heavy atom. The molecule has 1 aromatic carbocycles. The van der Waals surface area contributed by atoms with Gasteiger partial charge in [-0.3, -0.25) is 4.99 Å². The standard InChI is InChI=1S/C14H16INO/c1-8(2)13-6-9-5-12(15)14-10(3-4-17-14)11(9)7-16-13/h5,7-8,13H,3-4,6H2,1-2H3. The normalized spacial score (nSPS) is 21.3. The zero-order valence-electron chi connectivity index (χ0n) is 10.2. The molecule has 1 aromatic rings. The lowest BCUT2D eigenvalue weighted by Gasteiger charge is -2.23. The summed E-state index contributed by atoms with van der Waals surface area (Å²) in [5.74, 6) is 1.71. The number of halogens is 1. The first-order valence-electron chi connectivity index (χ1n) is 6.17. The second-order valence-electron chi connectivity index (χ2n) is 5.13. The van der Waals surface area contributed by atoms with E-state index in [1.165, 1.54) is 20.3 Å². The predicted molar refractivity (Wildman–Crippen MR) is 78.3 cm³/mol. The van der Waals surface area contributed by atoms with E-state index in [1.54, 1.807) is 0 Å². The molecule has 0 spiro atoms. The van der Waals surface area contributed by atoms with E-state index in [0.717, 1.165) is 25.2 Å². The lowest BCUT2D eigenvalue weighted by Crippen LogP contribution is -2.21. The largest absolute Gasteiger partial charge is 0.492 e. The van der Waals surface area contributed by atoms with Crippen LogP contribution in [0.25, 0.3) is 0 Å². The molecule has 1 unspecified atom stereocenters. The smallest absolute Gasteiger partial charge is 0.136 e. The zero-order chi connectivity index (χ0) is 12.0. The number of fused-ring (bicyclic) bond motifs is 3. The highest BCUT2D eigenvalue weighted by molar-refractivity contribution is 14.1. The summed E-state index contributed by atoms with van der Waals surface area (Å²) >= 11 is 2.39. The van der Waals surface area contributed by atoms with Crippen molar-refractivity contribution in [2.24, 2.45) is 10.9 Å². The summed E-state index contributed by atoms with van der Waals surface area (Å²) in [5, 5.41) is 0. The van der Waals surface area contributed by atoms with Gasteiger partial charge in [-0.15, -0.1) is 0 Å². The summed E-state index contributed by atoms with van der Waals surface area (Å²) in [6, 6.07) is 2.72. The quantitative estimate of drug-likeness (QED) is 0.719. The van der Waals surface area contributed by atoms with Crippen molar-refractivity contribution in [3.63, 3.8) is 0 Å². The minimum Gasteiger partial charge on any atom is -0.492 e. The maximum Gasteiger partial charge on any atom is 0.136 e. The van der Waals surface area contributed by atoms with Crippen molar-refractivity contribution in [1.82, 2.24) is 0 Å². The van der Waals surface area contributed by atoms with Gasteiger partial charge in [0.2, 0.25) is 0 Å². The Morgan fingerprint density at radius 2 is 2.29 bits per heavy atom. The van der Waals surface area contributed by atoms with Crippen LogP contribution in [0, 0.1) is 9.49 Å². The maximum atomic E-state index is 5.70. The van der Waals surface area contributed by atoms with Crippen molar-refractivity contribution in [3.8, 4) is 5.75 Å². The molecule has 0 aliphatic carbocycles. The van der Waals surface area contributed by atoms with Crippen molar-refractivity contribution < 1.29 is 4.74 Å². The van der Waals surface area contributed by atoms with E-state index in [1.807, 2.05) is 0 Å². The maximum absolute atomic E-state index is 5.70. The highest BCUT2D eigenvalue weighted by atomic mass is 127. The van der Waals surface area contributed by atoms with E-state index in [9.17, 15) is 0 Å². The van der Waals surface area contributed by atoms with Gasteiger partial charge >= 0.3 is 0 Å². The average Bonchev–Trinajstić information content (AvgIpc) is 2.78. The Kier molecular flexibility index (Phi) is 2.89. The van der Waals surface area contributed by atoms with Gasteiger partial charge in [0.1, 0.15) is 5.75 Å². The van der Waals surface area contributed by atoms with Crippen LogP contribution in [0.4, 0.5) is 0 Å². The number of benzene rings is 1. The predicted octanol–water partition coefficient (Wildman–Crippen LogP) is 3.23. The molecular weight excluding hydrogens is 325 g/mol. The molecule has 0 aromatic heterocycles. The van der Waals surface area contributed by atoms with Crippen LogP contribution >= 0.6 is 22.6 Å². The molecule has 0 saturated carbocycles. The topological polar surface area (TPSA) is 21.6 Å². The van der Waals surface area contributed by atoms with E-state index >= 15 is 0 Å². The molecule has 3 rings (SSSR count). The van der Waals surface area contributed by atoms with E-state index < -0.39 is 0 Å². The minimum atomic E-state index is 0.443. The fraction of sp³-hybridized carbons (Fsp3) is 0.500. The van der Waals surface area contributed by atoms with Crippen LogP contribution in [-0.2, 0) is 12.8 Å². The summed E-state index contributed by atoms with van der Waals surface area (Å²) in [7, 11) is 0. The van der Waals surface area contributed by atoms with Crippen molar-refractivity contribution in [3.05, 3.63) is 26.3 Å². The van der Waals surface area contributed by atoms with Crippen LogP contribution in [0.3, 0.4) is 0 Å². The Bertz CT molecular complexity index is 493. The van der Waals surface area contributed by atoms with Crippen LogP contribution in [0.1, 0.15) is 30.5 Å². The van der Waals surface area contributed by atoms with Gasteiger partial charge in [-0.1, -0.05) is 13.8 Å². The molecule has 0 amide bonds. The number of hydrogen-bond acceptors (Lipinski definition) is 2. The van der Waals surface area contributed by atoms with Gasteiger partial charge in [0.15, 0.2) is 0 Å². The number of rotatable bonds is 1. The molecule has 0 saturated heterocycles. The molecule has 2 aliphatic heterocycles. The van der Waals surface area contributed by atoms with Gasteiger partial charge in [-0.05, 0) is 46.6 Å². The van der Waals surface area contributed by atoms with Gasteiger partial charge in [0.25, 0.3) is 0 Å². The van der Waals surface area contributed by atoms with Crippen LogP contribution in [-0.4, -0.2) is 18.9 Å². The molecule has 0 N–H and O–H groups in total. The SMILES string of the molecule is CC(C)C1Cc2cc(I)c3c(c2C=N1)CCO3. The molecule has 2 heterocycles. The molecule has 0 fully saturated rings. The number of aliphatic imine (C=N–C) groups is 1. The van der Waals surface area contributed by atoms with Crippen molar-refractivity contribution in [2.45, 2.75) is 32.7 Å². The fourth-order valence-electron chi connectivity index (χ4n) is 2.60. The van der Waals surface area contributed by atoms with Gasteiger partial charge in [0, 0.05) is 23.8 Å². The summed E-state index contributed by atoms with van der Waals surface area (Å²) in [6.07, 6.45) is 4.19.